The molecule has 1 aliphatic carbocycles. The molecule has 0 spiro atoms. The van der Waals surface area contributed by atoms with E-state index in [4.69, 9.17) is 10.8 Å². The first-order valence-electron chi connectivity index (χ1n) is 6.95. The van der Waals surface area contributed by atoms with Crippen LogP contribution in [0.25, 0.3) is 0 Å². The maximum Gasteiger partial charge on any atom is 0.305 e. The molecule has 1 unspecified atom stereocenters. The molecular weight excluding hydrogens is 244 g/mol. The lowest BCUT2D eigenvalue weighted by molar-refractivity contribution is -0.139. The lowest BCUT2D eigenvalue weighted by Gasteiger charge is -2.19. The molecule has 0 aromatic carbocycles. The molecule has 0 heterocycles. The highest BCUT2D eigenvalue weighted by Crippen LogP contribution is 2.24. The number of nitrogens with one attached hydrogen (secondary N) is 1. The molecule has 0 saturated heterocycles. The lowest BCUT2D eigenvalue weighted by atomic mass is 9.89. The van der Waals surface area contributed by atoms with E-state index < -0.39 is 17.9 Å². The molecule has 5 heteroatoms. The van der Waals surface area contributed by atoms with Crippen LogP contribution in [-0.4, -0.2) is 29.1 Å². The normalized spacial score (nSPS) is 20.1. The minimum atomic E-state index is -1.06. The topological polar surface area (TPSA) is 92.4 Å². The number of allylic oxidation sites excluding steroid dienone is 1. The van der Waals surface area contributed by atoms with Gasteiger partial charge in [0.05, 0.1) is 12.5 Å². The van der Waals surface area contributed by atoms with E-state index >= 15 is 0 Å². The molecular formula is C14H24N2O3. The molecule has 0 bridgehead atoms. The number of hydrogen-bond acceptors (Lipinski definition) is 3. The van der Waals surface area contributed by atoms with Gasteiger partial charge in [0.1, 0.15) is 0 Å². The van der Waals surface area contributed by atoms with E-state index in [9.17, 15) is 9.59 Å². The van der Waals surface area contributed by atoms with Gasteiger partial charge in [-0.05, 0) is 25.7 Å². The zero-order valence-electron chi connectivity index (χ0n) is 11.5. The Balaban J connectivity index is 2.32. The number of nitrogens with two attached hydrogens (primary N) is 1. The van der Waals surface area contributed by atoms with E-state index in [0.29, 0.717) is 5.92 Å². The van der Waals surface area contributed by atoms with Gasteiger partial charge in [0, 0.05) is 6.04 Å². The Bertz CT molecular complexity index is 336. The molecule has 2 atom stereocenters. The number of carbonyl (C=O) groups is 2. The summed E-state index contributed by atoms with van der Waals surface area (Å²) in [7, 11) is 0. The fraction of sp³-hybridized carbons (Fsp3) is 0.714. The second-order valence-corrected chi connectivity index (χ2v) is 5.28. The van der Waals surface area contributed by atoms with Crippen LogP contribution in [0.4, 0.5) is 0 Å². The summed E-state index contributed by atoms with van der Waals surface area (Å²) in [5.74, 6) is -0.864. The Kier molecular flexibility index (Phi) is 6.56. The molecule has 1 saturated carbocycles. The molecule has 1 fully saturated rings. The monoisotopic (exact) mass is 268 g/mol. The summed E-state index contributed by atoms with van der Waals surface area (Å²) < 4.78 is 0. The minimum Gasteiger partial charge on any atom is -0.481 e. The van der Waals surface area contributed by atoms with Crippen molar-refractivity contribution in [2.75, 3.05) is 0 Å². The molecule has 5 nitrogen and oxygen atoms in total. The Labute approximate surface area is 114 Å². The first kappa shape index (κ1) is 15.7. The van der Waals surface area contributed by atoms with E-state index in [1.165, 1.54) is 32.1 Å². The van der Waals surface area contributed by atoms with E-state index in [1.807, 2.05) is 13.0 Å². The molecule has 1 amide bonds. The van der Waals surface area contributed by atoms with Crippen LogP contribution in [0.3, 0.4) is 0 Å². The van der Waals surface area contributed by atoms with Crippen molar-refractivity contribution in [2.45, 2.75) is 57.5 Å². The van der Waals surface area contributed by atoms with Crippen molar-refractivity contribution < 1.29 is 14.7 Å². The standard InChI is InChI=1S/C14H24N2O3/c1-10(7-8-11-5-3-2-4-6-11)16-14(19)12(15)9-13(17)18/h7-8,10-12H,2-6,9,15H2,1H3,(H,16,19)(H,17,18)/b8-7+/t10?,12-/m0/s1. The quantitative estimate of drug-likeness (QED) is 0.635. The molecule has 0 aromatic rings. The van der Waals surface area contributed by atoms with Crippen LogP contribution in [0.15, 0.2) is 12.2 Å². The second-order valence-electron chi connectivity index (χ2n) is 5.28. The van der Waals surface area contributed by atoms with Crippen molar-refractivity contribution in [2.24, 2.45) is 11.7 Å². The summed E-state index contributed by atoms with van der Waals surface area (Å²) in [4.78, 5) is 22.1. The molecule has 0 radical (unpaired) electrons. The average molecular weight is 268 g/mol. The van der Waals surface area contributed by atoms with Crippen molar-refractivity contribution in [3.63, 3.8) is 0 Å². The summed E-state index contributed by atoms with van der Waals surface area (Å²) in [5, 5.41) is 11.3. The predicted molar refractivity (Wildman–Crippen MR) is 73.5 cm³/mol. The average Bonchev–Trinajstić information content (AvgIpc) is 2.36. The third-order valence-electron chi connectivity index (χ3n) is 3.42. The zero-order valence-corrected chi connectivity index (χ0v) is 11.5. The third-order valence-corrected chi connectivity index (χ3v) is 3.42. The molecule has 1 rings (SSSR count). The third kappa shape index (κ3) is 6.38. The van der Waals surface area contributed by atoms with Crippen LogP contribution in [-0.2, 0) is 9.59 Å². The molecule has 0 aromatic heterocycles. The van der Waals surface area contributed by atoms with Crippen molar-refractivity contribution in [1.29, 1.82) is 0 Å². The number of carboxylic acid groups (broad SMARTS) is 1. The van der Waals surface area contributed by atoms with Gasteiger partial charge in [-0.2, -0.15) is 0 Å². The molecule has 0 aliphatic heterocycles. The largest absolute Gasteiger partial charge is 0.481 e. The molecule has 1 aliphatic rings. The molecule has 19 heavy (non-hydrogen) atoms. The van der Waals surface area contributed by atoms with Gasteiger partial charge in [-0.1, -0.05) is 31.4 Å². The van der Waals surface area contributed by atoms with Crippen LogP contribution in [0, 0.1) is 5.92 Å². The number of rotatable bonds is 6. The highest BCUT2D eigenvalue weighted by Gasteiger charge is 2.18. The summed E-state index contributed by atoms with van der Waals surface area (Å²) in [6.45, 7) is 1.87. The SMILES string of the molecule is CC(/C=C/C1CCCCC1)NC(=O)[C@@H](N)CC(=O)O. The van der Waals surface area contributed by atoms with E-state index in [1.54, 1.807) is 0 Å². The number of carbonyl (C=O) groups excluding carboxylic acids is 1. The van der Waals surface area contributed by atoms with Crippen LogP contribution in [0.1, 0.15) is 45.4 Å². The van der Waals surface area contributed by atoms with Crippen LogP contribution in [0.5, 0.6) is 0 Å². The van der Waals surface area contributed by atoms with E-state index in [2.05, 4.69) is 11.4 Å². The van der Waals surface area contributed by atoms with Crippen molar-refractivity contribution in [1.82, 2.24) is 5.32 Å². The van der Waals surface area contributed by atoms with Gasteiger partial charge in [-0.3, -0.25) is 9.59 Å². The van der Waals surface area contributed by atoms with Gasteiger partial charge in [-0.15, -0.1) is 0 Å². The van der Waals surface area contributed by atoms with Crippen molar-refractivity contribution in [3.8, 4) is 0 Å². The Morgan fingerprint density at radius 1 is 1.37 bits per heavy atom. The fourth-order valence-corrected chi connectivity index (χ4v) is 2.31. The molecule has 108 valence electrons. The summed E-state index contributed by atoms with van der Waals surface area (Å²) in [6, 6.07) is -1.10. The zero-order chi connectivity index (χ0) is 14.3. The fourth-order valence-electron chi connectivity index (χ4n) is 2.31. The Hall–Kier alpha value is -1.36. The lowest BCUT2D eigenvalue weighted by Crippen LogP contribution is -2.44. The first-order chi connectivity index (χ1) is 8.99. The van der Waals surface area contributed by atoms with Crippen LogP contribution < -0.4 is 11.1 Å². The van der Waals surface area contributed by atoms with Gasteiger partial charge in [0.2, 0.25) is 5.91 Å². The first-order valence-corrected chi connectivity index (χ1v) is 6.95. The summed E-state index contributed by atoms with van der Waals surface area (Å²) in [6.07, 6.45) is 10.1. The van der Waals surface area contributed by atoms with Gasteiger partial charge in [0.15, 0.2) is 0 Å². The smallest absolute Gasteiger partial charge is 0.305 e. The van der Waals surface area contributed by atoms with Gasteiger partial charge >= 0.3 is 5.97 Å². The van der Waals surface area contributed by atoms with Gasteiger partial charge in [-0.25, -0.2) is 0 Å². The van der Waals surface area contributed by atoms with Crippen molar-refractivity contribution >= 4 is 11.9 Å². The van der Waals surface area contributed by atoms with E-state index in [0.717, 1.165) is 0 Å². The highest BCUT2D eigenvalue weighted by molar-refractivity contribution is 5.86. The second kappa shape index (κ2) is 7.94. The van der Waals surface area contributed by atoms with Crippen molar-refractivity contribution in [3.05, 3.63) is 12.2 Å². The Morgan fingerprint density at radius 2 is 2.00 bits per heavy atom. The number of aliphatic carboxylic acids is 1. The maximum atomic E-state index is 11.6. The van der Waals surface area contributed by atoms with Gasteiger partial charge in [0.25, 0.3) is 0 Å². The van der Waals surface area contributed by atoms with Crippen LogP contribution >= 0.6 is 0 Å². The van der Waals surface area contributed by atoms with Gasteiger partial charge < -0.3 is 16.2 Å². The summed E-state index contributed by atoms with van der Waals surface area (Å²) in [5.41, 5.74) is 5.49. The molecule has 4 N–H and O–H groups in total. The Morgan fingerprint density at radius 3 is 2.58 bits per heavy atom. The maximum absolute atomic E-state index is 11.6. The minimum absolute atomic E-state index is 0.116. The highest BCUT2D eigenvalue weighted by atomic mass is 16.4. The summed E-state index contributed by atoms with van der Waals surface area (Å²) >= 11 is 0. The number of carboxylic acids is 1. The predicted octanol–water partition coefficient (Wildman–Crippen LogP) is 1.43. The number of hydrogen-bond donors (Lipinski definition) is 3. The van der Waals surface area contributed by atoms with E-state index in [-0.39, 0.29) is 12.5 Å². The van der Waals surface area contributed by atoms with Crippen LogP contribution in [0.2, 0.25) is 0 Å². The number of amides is 1.